The Labute approximate surface area is 670 Å². The number of methoxy groups -OCH3 is 1. The lowest BCUT2D eigenvalue weighted by atomic mass is 10.2. The van der Waals surface area contributed by atoms with Crippen molar-refractivity contribution in [3.63, 3.8) is 0 Å². The molecule has 111 heavy (non-hydrogen) atoms. The van der Waals surface area contributed by atoms with Gasteiger partial charge in [-0.25, -0.2) is 9.56 Å². The van der Waals surface area contributed by atoms with Crippen LogP contribution in [-0.2, 0) is 126 Å². The van der Waals surface area contributed by atoms with E-state index in [9.17, 15) is 18.3 Å². The molecule has 8 aromatic rings. The predicted octanol–water partition coefficient (Wildman–Crippen LogP) is 18.9. The highest BCUT2D eigenvalue weighted by Gasteiger charge is 2.33. The molecule has 594 valence electrons. The molecule has 0 aromatic heterocycles. The van der Waals surface area contributed by atoms with E-state index in [4.69, 9.17) is 120 Å². The molecule has 8 aromatic carbocycles. The first-order valence-electron chi connectivity index (χ1n) is 33.0. The van der Waals surface area contributed by atoms with Crippen molar-refractivity contribution in [1.82, 2.24) is 19.1 Å². The van der Waals surface area contributed by atoms with Crippen molar-refractivity contribution in [1.29, 1.82) is 0 Å². The first-order valence-corrected chi connectivity index (χ1v) is 50.1. The zero-order valence-corrected chi connectivity index (χ0v) is 73.7. The van der Waals surface area contributed by atoms with Gasteiger partial charge in [-0.1, -0.05) is 53.3 Å². The van der Waals surface area contributed by atoms with Gasteiger partial charge in [0.2, 0.25) is 18.6 Å². The van der Waals surface area contributed by atoms with E-state index in [-0.39, 0.29) is 31.4 Å². The van der Waals surface area contributed by atoms with Gasteiger partial charge in [-0.15, -0.1) is 15.0 Å². The lowest BCUT2D eigenvalue weighted by Crippen LogP contribution is -2.17. The monoisotopic (exact) mass is 1750 g/mol. The van der Waals surface area contributed by atoms with Gasteiger partial charge in [-0.2, -0.15) is 10.2 Å². The summed E-state index contributed by atoms with van der Waals surface area (Å²) >= 11 is 22.8. The second-order valence-electron chi connectivity index (χ2n) is 23.0. The van der Waals surface area contributed by atoms with Crippen LogP contribution in [0.15, 0.2) is 215 Å². The minimum atomic E-state index is -3.47. The van der Waals surface area contributed by atoms with Crippen LogP contribution in [0.5, 0.6) is 46.0 Å². The maximum Gasteiger partial charge on any atom is 0.540 e. The van der Waals surface area contributed by atoms with E-state index >= 15 is 0 Å². The molecule has 0 fully saturated rings. The second kappa shape index (κ2) is 44.0. The lowest BCUT2D eigenvalue weighted by molar-refractivity contribution is 0.120. The van der Waals surface area contributed by atoms with Gasteiger partial charge in [0.15, 0.2) is 17.6 Å². The van der Waals surface area contributed by atoms with Crippen LogP contribution >= 0.6 is 57.6 Å². The van der Waals surface area contributed by atoms with E-state index in [0.29, 0.717) is 73.6 Å². The van der Waals surface area contributed by atoms with Crippen molar-refractivity contribution in [2.24, 2.45) is 20.4 Å². The zero-order chi connectivity index (χ0) is 80.8. The molecule has 0 aliphatic rings. The quantitative estimate of drug-likeness (QED) is 0.0149. The molecular formula is C71H88N8O20P8S4+2. The maximum atomic E-state index is 12.8. The molecule has 2 unspecified atom stereocenters. The van der Waals surface area contributed by atoms with Gasteiger partial charge in [0.1, 0.15) is 46.9 Å². The minimum absolute atomic E-state index is 0.0514. The Kier molecular flexibility index (Phi) is 36.2. The summed E-state index contributed by atoms with van der Waals surface area (Å²) in [5, 5.41) is 17.9. The van der Waals surface area contributed by atoms with Gasteiger partial charge in [-0.3, -0.25) is 22.8 Å². The smallest absolute Gasteiger partial charge is 0.497 e. The van der Waals surface area contributed by atoms with E-state index in [1.807, 2.05) is 62.2 Å². The van der Waals surface area contributed by atoms with Crippen LogP contribution in [-0.4, -0.2) is 150 Å². The van der Waals surface area contributed by atoms with Crippen LogP contribution in [0.3, 0.4) is 0 Å². The van der Waals surface area contributed by atoms with Gasteiger partial charge in [0.05, 0.1) is 70.7 Å². The van der Waals surface area contributed by atoms with Gasteiger partial charge in [0, 0.05) is 94.6 Å². The Balaban J connectivity index is 0.000000511. The van der Waals surface area contributed by atoms with Crippen molar-refractivity contribution >= 4 is 130 Å². The normalized spacial score (nSPS) is 12.5. The van der Waals surface area contributed by atoms with Crippen LogP contribution in [0.1, 0.15) is 44.5 Å². The summed E-state index contributed by atoms with van der Waals surface area (Å²) in [5.41, 5.74) is 6.09. The number of benzene rings is 8. The average molecular weight is 1750 g/mol. The van der Waals surface area contributed by atoms with Crippen molar-refractivity contribution in [3.05, 3.63) is 239 Å². The Morgan fingerprint density at radius 2 is 0.568 bits per heavy atom. The number of nitrogens with zero attached hydrogens (tertiary/aromatic N) is 8. The number of hydrogen-bond donors (Lipinski definition) is 0. The molecule has 0 saturated carbocycles. The second-order valence-corrected chi connectivity index (χ2v) is 43.9. The van der Waals surface area contributed by atoms with Crippen LogP contribution < -0.4 is 36.8 Å². The molecular weight excluding hydrogens is 1660 g/mol. The van der Waals surface area contributed by atoms with Crippen LogP contribution in [0.4, 0.5) is 0 Å². The molecule has 0 aliphatic heterocycles. The molecule has 8 rings (SSSR count). The fraction of sp³-hybridized carbons (Fsp3) is 0.268. The molecule has 28 nitrogen and oxygen atoms in total. The molecule has 0 spiro atoms. The number of ether oxygens (including phenoxy) is 3. The average Bonchev–Trinajstić information content (AvgIpc) is 0.814. The molecule has 0 saturated heterocycles. The van der Waals surface area contributed by atoms with E-state index < -0.39 is 57.6 Å². The SMILES string of the molecule is COP(=O)(Cc1ccc(OP(=S)(Oc2ccc(CP(=O)(OC)OC)cc2)N(C)/N=C/c2ccc(OCOc3ccc(/C=N/N(C)P(=S)(Oc4ccc(CP(=O)(OC)OC)cc4)Oc4ccc(CP(=O)(OC)OC)cc4)cc3)cc2)cc1)OC.COc1ccc(/C=N/N(C)[P+](=S)Oc2ccc(/C=N/N(C)[P+](C)=S)cc2)cc1. The largest absolute Gasteiger partial charge is 0.540 e. The summed E-state index contributed by atoms with van der Waals surface area (Å²) < 4.78 is 146. The van der Waals surface area contributed by atoms with E-state index in [1.165, 1.54) is 66.4 Å². The van der Waals surface area contributed by atoms with Gasteiger partial charge in [0.25, 0.3) is 0 Å². The molecule has 40 heteroatoms. The Hall–Kier alpha value is -7.02. The summed E-state index contributed by atoms with van der Waals surface area (Å²) in [4.78, 5) is 0. The Bertz CT molecular complexity index is 4350. The predicted molar refractivity (Wildman–Crippen MR) is 453 cm³/mol. The van der Waals surface area contributed by atoms with Crippen molar-refractivity contribution in [3.8, 4) is 46.0 Å². The number of hydrogen-bond acceptors (Lipinski definition) is 28. The van der Waals surface area contributed by atoms with Gasteiger partial charge >= 0.3 is 57.6 Å². The van der Waals surface area contributed by atoms with Gasteiger partial charge < -0.3 is 68.5 Å². The molecule has 0 heterocycles. The molecule has 0 radical (unpaired) electrons. The van der Waals surface area contributed by atoms with E-state index in [1.54, 1.807) is 208 Å². The fourth-order valence-electron chi connectivity index (χ4n) is 8.90. The van der Waals surface area contributed by atoms with E-state index in [0.717, 1.165) is 16.9 Å². The summed E-state index contributed by atoms with van der Waals surface area (Å²) in [5.74, 6) is 4.05. The van der Waals surface area contributed by atoms with Crippen LogP contribution in [0.25, 0.3) is 0 Å². The topological polar surface area (TPSA) is 278 Å². The summed E-state index contributed by atoms with van der Waals surface area (Å²) in [7, 11) is 4.65. The van der Waals surface area contributed by atoms with Crippen molar-refractivity contribution in [2.75, 3.05) is 106 Å². The minimum Gasteiger partial charge on any atom is -0.497 e. The fourth-order valence-corrected chi connectivity index (χ4v) is 18.2. The van der Waals surface area contributed by atoms with Gasteiger partial charge in [-0.05, 0) is 190 Å². The standard InChI is InChI=1S/C53H66N4O18P6S2.C18H22N4O2P2S2/c1-56(80(82,72-50-27-15-44(16-28-50)37-76(58,62-3)63-4)73-51-29-17-45(18-30-51)38-77(59,64-5)65-6)54-35-42-11-23-48(24-12-42)70-41-71-49-25-13-43(14-26-49)36-55-57(2)81(83,74-52-31-19-46(20-32-52)39-78(60,66-7)67-8)75-53-33-21-47(22-34-53)40-79(61,68-9)69-10;1-21(25(4)27)19-13-16-7-11-18(12-8-16)24-26(28)22(2)20-14-15-5-9-17(23-3)10-6-15/h11-36H,37-41H2,1-10H3;5-14H,1-4H3/q;+2/b54-35+,55-36+;19-13+,20-14+. The Morgan fingerprint density at radius 1 is 0.333 bits per heavy atom. The molecule has 0 N–H and O–H groups in total. The maximum absolute atomic E-state index is 12.8. The molecule has 0 amide bonds. The first-order chi connectivity index (χ1) is 52.9. The van der Waals surface area contributed by atoms with E-state index in [2.05, 4.69) is 20.4 Å². The molecule has 0 aliphatic carbocycles. The highest BCUT2D eigenvalue weighted by Crippen LogP contribution is 2.56. The molecule has 0 bridgehead atoms. The molecule has 2 atom stereocenters. The first kappa shape index (κ1) is 91.2. The zero-order valence-electron chi connectivity index (χ0n) is 63.3. The van der Waals surface area contributed by atoms with Crippen LogP contribution in [0.2, 0.25) is 0 Å². The van der Waals surface area contributed by atoms with Crippen molar-refractivity contribution in [2.45, 2.75) is 24.6 Å². The third-order valence-corrected chi connectivity index (χ3v) is 32.2. The lowest BCUT2D eigenvalue weighted by Gasteiger charge is -2.29. The number of hydrazone groups is 4. The third kappa shape index (κ3) is 29.4. The summed E-state index contributed by atoms with van der Waals surface area (Å²) in [6.07, 6.45) is 6.91. The Morgan fingerprint density at radius 3 is 0.820 bits per heavy atom. The third-order valence-electron chi connectivity index (χ3n) is 15.5. The summed E-state index contributed by atoms with van der Waals surface area (Å²) in [6, 6.07) is 56.7. The highest BCUT2D eigenvalue weighted by atomic mass is 32.5. The highest BCUT2D eigenvalue weighted by molar-refractivity contribution is 8.09. The number of rotatable bonds is 43. The van der Waals surface area contributed by atoms with Crippen LogP contribution in [0, 0.1) is 0 Å². The van der Waals surface area contributed by atoms with Crippen molar-refractivity contribution < 1.29 is 91.3 Å². The summed E-state index contributed by atoms with van der Waals surface area (Å²) in [6.45, 7) is -5.71.